The predicted octanol–water partition coefficient (Wildman–Crippen LogP) is 2.38. The zero-order valence-corrected chi connectivity index (χ0v) is 16.3. The molecule has 27 heavy (non-hydrogen) atoms. The van der Waals surface area contributed by atoms with Crippen molar-refractivity contribution in [2.75, 3.05) is 36.6 Å². The average Bonchev–Trinajstić information content (AvgIpc) is 2.70. The molecule has 1 aliphatic heterocycles. The summed E-state index contributed by atoms with van der Waals surface area (Å²) < 4.78 is 5.45. The van der Waals surface area contributed by atoms with Gasteiger partial charge in [0.15, 0.2) is 8.38 Å². The minimum atomic E-state index is -1.79. The van der Waals surface area contributed by atoms with Crippen molar-refractivity contribution in [2.24, 2.45) is 11.7 Å². The van der Waals surface area contributed by atoms with Crippen LogP contribution in [0.5, 0.6) is 5.75 Å². The average molecular weight is 391 g/mol. The van der Waals surface area contributed by atoms with Crippen LogP contribution in [0.3, 0.4) is 0 Å². The van der Waals surface area contributed by atoms with Crippen LogP contribution in [0.25, 0.3) is 10.9 Å². The Morgan fingerprint density at radius 2 is 2.11 bits per heavy atom. The maximum atomic E-state index is 9.13. The van der Waals surface area contributed by atoms with Gasteiger partial charge in [-0.25, -0.2) is 9.97 Å². The summed E-state index contributed by atoms with van der Waals surface area (Å²) in [5.74, 6) is 2.13. The number of hydrogen-bond acceptors (Lipinski definition) is 8. The molecule has 0 atom stereocenters. The van der Waals surface area contributed by atoms with E-state index in [0.29, 0.717) is 17.8 Å². The molecule has 9 heteroatoms. The summed E-state index contributed by atoms with van der Waals surface area (Å²) in [6, 6.07) is 3.89. The first-order valence-electron chi connectivity index (χ1n) is 8.99. The molecule has 1 fully saturated rings. The standard InChI is InChI=1S/C18H26N5O3P/c1-26-15-3-2-14-16(17(15)20-8-7-19)21-12-22-18(14)23-9-4-13(5-10-23)6-11-27(24)25/h2-3,7-8,12-13,20,24-25H,4-6,9-11,19H2,1H3/b8-7-. The number of aromatic nitrogens is 2. The summed E-state index contributed by atoms with van der Waals surface area (Å²) >= 11 is 0. The van der Waals surface area contributed by atoms with Gasteiger partial charge >= 0.3 is 0 Å². The van der Waals surface area contributed by atoms with Crippen molar-refractivity contribution in [3.8, 4) is 5.75 Å². The summed E-state index contributed by atoms with van der Waals surface area (Å²) in [5.41, 5.74) is 7.00. The number of nitrogens with zero attached hydrogens (tertiary/aromatic N) is 3. The normalized spacial score (nSPS) is 15.8. The van der Waals surface area contributed by atoms with E-state index < -0.39 is 8.38 Å². The second kappa shape index (κ2) is 9.17. The van der Waals surface area contributed by atoms with Crippen LogP contribution in [0.2, 0.25) is 0 Å². The minimum absolute atomic E-state index is 0.500. The number of rotatable bonds is 7. The molecule has 146 valence electrons. The molecule has 0 unspecified atom stereocenters. The van der Waals surface area contributed by atoms with Gasteiger partial charge in [-0.1, -0.05) is 0 Å². The Bertz CT molecular complexity index is 794. The van der Waals surface area contributed by atoms with Gasteiger partial charge in [0.05, 0.1) is 7.11 Å². The first-order valence-corrected chi connectivity index (χ1v) is 10.4. The number of nitrogens with two attached hydrogens (primary N) is 1. The van der Waals surface area contributed by atoms with E-state index in [0.717, 1.165) is 54.8 Å². The summed E-state index contributed by atoms with van der Waals surface area (Å²) in [6.07, 6.45) is 8.05. The zero-order chi connectivity index (χ0) is 19.2. The Morgan fingerprint density at radius 1 is 1.33 bits per heavy atom. The van der Waals surface area contributed by atoms with Crippen molar-refractivity contribution >= 4 is 30.8 Å². The minimum Gasteiger partial charge on any atom is -0.494 e. The third-order valence-corrected chi connectivity index (χ3v) is 5.60. The van der Waals surface area contributed by atoms with Crippen molar-refractivity contribution in [1.82, 2.24) is 9.97 Å². The van der Waals surface area contributed by atoms with Crippen molar-refractivity contribution in [1.29, 1.82) is 0 Å². The van der Waals surface area contributed by atoms with Crippen molar-refractivity contribution in [3.63, 3.8) is 0 Å². The fourth-order valence-corrected chi connectivity index (χ4v) is 4.12. The van der Waals surface area contributed by atoms with Crippen LogP contribution in [0.4, 0.5) is 11.5 Å². The number of nitrogens with one attached hydrogen (secondary N) is 1. The highest BCUT2D eigenvalue weighted by atomic mass is 31.2. The van der Waals surface area contributed by atoms with Gasteiger partial charge in [0.25, 0.3) is 0 Å². The molecule has 8 nitrogen and oxygen atoms in total. The van der Waals surface area contributed by atoms with E-state index in [2.05, 4.69) is 20.2 Å². The fraction of sp³-hybridized carbons (Fsp3) is 0.444. The van der Waals surface area contributed by atoms with Gasteiger partial charge < -0.3 is 30.5 Å². The number of methoxy groups -OCH3 is 1. The van der Waals surface area contributed by atoms with Crippen LogP contribution < -0.4 is 20.7 Å². The fourth-order valence-electron chi connectivity index (χ4n) is 3.52. The Morgan fingerprint density at radius 3 is 2.78 bits per heavy atom. The molecule has 1 aliphatic rings. The first kappa shape index (κ1) is 19.6. The molecular weight excluding hydrogens is 365 g/mol. The van der Waals surface area contributed by atoms with Gasteiger partial charge in [0, 0.05) is 37.0 Å². The number of ether oxygens (including phenoxy) is 1. The molecule has 1 saturated heterocycles. The molecule has 1 aromatic carbocycles. The van der Waals surface area contributed by atoms with E-state index in [9.17, 15) is 0 Å². The van der Waals surface area contributed by atoms with Crippen molar-refractivity contribution in [2.45, 2.75) is 19.3 Å². The van der Waals surface area contributed by atoms with Gasteiger partial charge in [-0.2, -0.15) is 0 Å². The van der Waals surface area contributed by atoms with Crippen LogP contribution >= 0.6 is 8.38 Å². The lowest BCUT2D eigenvalue weighted by Gasteiger charge is -2.33. The number of fused-ring (bicyclic) bond motifs is 1. The van der Waals surface area contributed by atoms with Crippen LogP contribution in [0, 0.1) is 5.92 Å². The lowest BCUT2D eigenvalue weighted by atomic mass is 9.94. The number of benzene rings is 1. The Hall–Kier alpha value is -2.15. The molecule has 0 bridgehead atoms. The molecule has 5 N–H and O–H groups in total. The van der Waals surface area contributed by atoms with Crippen molar-refractivity contribution in [3.05, 3.63) is 30.9 Å². The van der Waals surface area contributed by atoms with E-state index in [1.807, 2.05) is 12.1 Å². The third kappa shape index (κ3) is 4.58. The Balaban J connectivity index is 1.84. The van der Waals surface area contributed by atoms with E-state index in [1.165, 1.54) is 6.20 Å². The molecule has 0 radical (unpaired) electrons. The molecule has 2 heterocycles. The third-order valence-electron chi connectivity index (χ3n) is 4.94. The van der Waals surface area contributed by atoms with E-state index in [4.69, 9.17) is 20.3 Å². The Kier molecular flexibility index (Phi) is 6.66. The number of piperidine rings is 1. The highest BCUT2D eigenvalue weighted by Gasteiger charge is 2.23. The van der Waals surface area contributed by atoms with Gasteiger partial charge in [0.1, 0.15) is 29.1 Å². The highest BCUT2D eigenvalue weighted by molar-refractivity contribution is 7.45. The summed E-state index contributed by atoms with van der Waals surface area (Å²) in [6.45, 7) is 1.78. The maximum Gasteiger partial charge on any atom is 0.164 e. The molecule has 0 spiro atoms. The second-order valence-corrected chi connectivity index (χ2v) is 7.75. The summed E-state index contributed by atoms with van der Waals surface area (Å²) in [7, 11) is -0.164. The molecular formula is C18H26N5O3P. The second-order valence-electron chi connectivity index (χ2n) is 6.55. The smallest absolute Gasteiger partial charge is 0.164 e. The largest absolute Gasteiger partial charge is 0.494 e. The molecule has 3 rings (SSSR count). The van der Waals surface area contributed by atoms with E-state index in [1.54, 1.807) is 19.6 Å². The van der Waals surface area contributed by atoms with Crippen molar-refractivity contribution < 1.29 is 14.5 Å². The summed E-state index contributed by atoms with van der Waals surface area (Å²) in [5, 5.41) is 4.09. The topological polar surface area (TPSA) is 117 Å². The quantitative estimate of drug-likeness (QED) is 0.532. The molecule has 0 amide bonds. The van der Waals surface area contributed by atoms with E-state index >= 15 is 0 Å². The number of anilines is 2. The van der Waals surface area contributed by atoms with Crippen LogP contribution in [-0.2, 0) is 0 Å². The SMILES string of the molecule is COc1ccc2c(N3CCC(CCP(O)O)CC3)ncnc2c1N/C=C\N. The summed E-state index contributed by atoms with van der Waals surface area (Å²) in [4.78, 5) is 29.5. The lowest BCUT2D eigenvalue weighted by Crippen LogP contribution is -2.34. The monoisotopic (exact) mass is 391 g/mol. The zero-order valence-electron chi connectivity index (χ0n) is 15.4. The lowest BCUT2D eigenvalue weighted by molar-refractivity contribution is 0.386. The van der Waals surface area contributed by atoms with Gasteiger partial charge in [-0.15, -0.1) is 0 Å². The molecule has 0 saturated carbocycles. The van der Waals surface area contributed by atoms with Gasteiger partial charge in [-0.3, -0.25) is 0 Å². The van der Waals surface area contributed by atoms with Crippen LogP contribution in [0.1, 0.15) is 19.3 Å². The first-order chi connectivity index (χ1) is 13.1. The van der Waals surface area contributed by atoms with Gasteiger partial charge in [-0.05, 0) is 37.3 Å². The highest BCUT2D eigenvalue weighted by Crippen LogP contribution is 2.37. The number of hydrogen-bond donors (Lipinski definition) is 4. The van der Waals surface area contributed by atoms with E-state index in [-0.39, 0.29) is 0 Å². The van der Waals surface area contributed by atoms with Crippen LogP contribution in [-0.4, -0.2) is 46.1 Å². The molecule has 1 aromatic heterocycles. The predicted molar refractivity (Wildman–Crippen MR) is 109 cm³/mol. The molecule has 2 aromatic rings. The molecule has 0 aliphatic carbocycles. The maximum absolute atomic E-state index is 9.13. The van der Waals surface area contributed by atoms with Gasteiger partial charge in [0.2, 0.25) is 0 Å². The Labute approximate surface area is 160 Å². The van der Waals surface area contributed by atoms with Crippen LogP contribution in [0.15, 0.2) is 30.9 Å².